The van der Waals surface area contributed by atoms with E-state index < -0.39 is 6.09 Å². The Bertz CT molecular complexity index is 487. The van der Waals surface area contributed by atoms with Crippen LogP contribution < -0.4 is 10.1 Å². The van der Waals surface area contributed by atoms with Gasteiger partial charge in [0.1, 0.15) is 4.34 Å². The van der Waals surface area contributed by atoms with Gasteiger partial charge in [-0.15, -0.1) is 0 Å². The number of benzene rings is 1. The van der Waals surface area contributed by atoms with Gasteiger partial charge in [0.2, 0.25) is 0 Å². The minimum atomic E-state index is -0.586. The Kier molecular flexibility index (Phi) is 3.38. The van der Waals surface area contributed by atoms with Crippen LogP contribution in [0.1, 0.15) is 0 Å². The number of rotatable bonds is 2. The normalized spacial score (nSPS) is 9.81. The first-order chi connectivity index (χ1) is 7.74. The molecule has 1 aromatic carbocycles. The summed E-state index contributed by atoms with van der Waals surface area (Å²) < 4.78 is 5.39. The molecule has 0 spiro atoms. The lowest BCUT2D eigenvalue weighted by Crippen LogP contribution is -2.16. The van der Waals surface area contributed by atoms with Gasteiger partial charge in [-0.05, 0) is 12.1 Å². The molecule has 16 heavy (non-hydrogen) atoms. The van der Waals surface area contributed by atoms with Gasteiger partial charge in [0.15, 0.2) is 0 Å². The first kappa shape index (κ1) is 10.9. The number of carbonyl (C=O) groups excluding carboxylic acids is 1. The second-order valence-corrected chi connectivity index (χ2v) is 4.44. The average molecular weight is 255 g/mol. The predicted octanol–water partition coefficient (Wildman–Crippen LogP) is 3.41. The van der Waals surface area contributed by atoms with Gasteiger partial charge in [-0.2, -0.15) is 0 Å². The summed E-state index contributed by atoms with van der Waals surface area (Å²) in [6.45, 7) is 0. The molecule has 82 valence electrons. The summed E-state index contributed by atoms with van der Waals surface area (Å²) in [5.74, 6) is 0. The summed E-state index contributed by atoms with van der Waals surface area (Å²) in [5, 5.41) is 2.78. The maximum absolute atomic E-state index is 11.4. The number of nitrogens with zero attached hydrogens (tertiary/aromatic N) is 1. The molecule has 0 aliphatic heterocycles. The van der Waals surface area contributed by atoms with Crippen molar-refractivity contribution in [3.8, 4) is 5.19 Å². The predicted molar refractivity (Wildman–Crippen MR) is 63.2 cm³/mol. The molecular formula is C10H7ClN2O2S. The van der Waals surface area contributed by atoms with Crippen LogP contribution in [0.2, 0.25) is 4.34 Å². The van der Waals surface area contributed by atoms with Gasteiger partial charge in [-0.1, -0.05) is 41.1 Å². The number of carbonyl (C=O) groups is 1. The second kappa shape index (κ2) is 4.96. The van der Waals surface area contributed by atoms with Crippen molar-refractivity contribution in [1.29, 1.82) is 0 Å². The fourth-order valence-corrected chi connectivity index (χ4v) is 1.77. The molecule has 0 aliphatic rings. The zero-order valence-electron chi connectivity index (χ0n) is 8.01. The van der Waals surface area contributed by atoms with Crippen molar-refractivity contribution in [2.24, 2.45) is 0 Å². The van der Waals surface area contributed by atoms with Gasteiger partial charge in [0, 0.05) is 5.69 Å². The number of anilines is 1. The van der Waals surface area contributed by atoms with Crippen LogP contribution in [0.25, 0.3) is 0 Å². The van der Waals surface area contributed by atoms with Crippen molar-refractivity contribution in [1.82, 2.24) is 4.98 Å². The third kappa shape index (κ3) is 2.95. The van der Waals surface area contributed by atoms with Gasteiger partial charge in [-0.25, -0.2) is 9.78 Å². The third-order valence-electron chi connectivity index (χ3n) is 1.66. The topological polar surface area (TPSA) is 51.2 Å². The lowest BCUT2D eigenvalue weighted by Gasteiger charge is -2.02. The minimum Gasteiger partial charge on any atom is -0.381 e. The number of aromatic nitrogens is 1. The van der Waals surface area contributed by atoms with E-state index in [0.29, 0.717) is 10.0 Å². The van der Waals surface area contributed by atoms with Crippen LogP contribution in [0.4, 0.5) is 10.5 Å². The maximum atomic E-state index is 11.4. The van der Waals surface area contributed by atoms with E-state index in [1.54, 1.807) is 12.1 Å². The van der Waals surface area contributed by atoms with Gasteiger partial charge in [0.05, 0.1) is 6.20 Å². The van der Waals surface area contributed by atoms with Crippen LogP contribution in [-0.4, -0.2) is 11.1 Å². The highest BCUT2D eigenvalue weighted by Crippen LogP contribution is 2.24. The van der Waals surface area contributed by atoms with Crippen LogP contribution in [-0.2, 0) is 0 Å². The number of hydrogen-bond donors (Lipinski definition) is 1. The molecule has 2 aromatic rings. The Morgan fingerprint density at radius 2 is 2.12 bits per heavy atom. The molecular weight excluding hydrogens is 248 g/mol. The monoisotopic (exact) mass is 254 g/mol. The number of halogens is 1. The van der Waals surface area contributed by atoms with E-state index in [1.165, 1.54) is 6.20 Å². The van der Waals surface area contributed by atoms with E-state index in [9.17, 15) is 4.79 Å². The summed E-state index contributed by atoms with van der Waals surface area (Å²) in [4.78, 5) is 15.2. The van der Waals surface area contributed by atoms with Gasteiger partial charge >= 0.3 is 6.09 Å². The van der Waals surface area contributed by atoms with Gasteiger partial charge in [-0.3, -0.25) is 5.32 Å². The highest BCUT2D eigenvalue weighted by Gasteiger charge is 2.07. The average Bonchev–Trinajstić information content (AvgIpc) is 2.65. The molecule has 2 rings (SSSR count). The number of thiazole rings is 1. The molecule has 1 heterocycles. The van der Waals surface area contributed by atoms with Crippen LogP contribution in [0.15, 0.2) is 36.5 Å². The minimum absolute atomic E-state index is 0.221. The van der Waals surface area contributed by atoms with Crippen molar-refractivity contribution < 1.29 is 9.53 Å². The molecule has 0 bridgehead atoms. The Labute approximate surface area is 101 Å². The molecule has 1 N–H and O–H groups in total. The zero-order valence-corrected chi connectivity index (χ0v) is 9.59. The van der Waals surface area contributed by atoms with E-state index in [2.05, 4.69) is 10.3 Å². The molecule has 0 saturated carbocycles. The molecule has 1 amide bonds. The number of hydrogen-bond acceptors (Lipinski definition) is 4. The summed E-state index contributed by atoms with van der Waals surface area (Å²) in [5.41, 5.74) is 0.662. The first-order valence-electron chi connectivity index (χ1n) is 4.39. The Balaban J connectivity index is 1.95. The highest BCUT2D eigenvalue weighted by atomic mass is 35.5. The molecule has 0 atom stereocenters. The SMILES string of the molecule is O=C(Nc1ccccc1)Oc1ncc(Cl)s1. The molecule has 0 fully saturated rings. The molecule has 6 heteroatoms. The Hall–Kier alpha value is -1.59. The van der Waals surface area contributed by atoms with Gasteiger partial charge < -0.3 is 4.74 Å². The molecule has 0 unspecified atom stereocenters. The van der Waals surface area contributed by atoms with E-state index in [-0.39, 0.29) is 5.19 Å². The Morgan fingerprint density at radius 3 is 2.75 bits per heavy atom. The lowest BCUT2D eigenvalue weighted by molar-refractivity contribution is 0.215. The summed E-state index contributed by atoms with van der Waals surface area (Å²) >= 11 is 6.75. The standard InChI is InChI=1S/C10H7ClN2O2S/c11-8-6-12-10(16-8)15-9(14)13-7-4-2-1-3-5-7/h1-6H,(H,13,14). The largest absolute Gasteiger partial charge is 0.419 e. The molecule has 1 aromatic heterocycles. The number of para-hydroxylation sites is 1. The first-order valence-corrected chi connectivity index (χ1v) is 5.59. The number of amides is 1. The zero-order chi connectivity index (χ0) is 11.4. The lowest BCUT2D eigenvalue weighted by atomic mass is 10.3. The van der Waals surface area contributed by atoms with Crippen LogP contribution >= 0.6 is 22.9 Å². The molecule has 4 nitrogen and oxygen atoms in total. The molecule has 0 radical (unpaired) electrons. The smallest absolute Gasteiger partial charge is 0.381 e. The van der Waals surface area contributed by atoms with Gasteiger partial charge in [0.25, 0.3) is 5.19 Å². The maximum Gasteiger partial charge on any atom is 0.419 e. The van der Waals surface area contributed by atoms with E-state index in [0.717, 1.165) is 11.3 Å². The van der Waals surface area contributed by atoms with E-state index >= 15 is 0 Å². The molecule has 0 aliphatic carbocycles. The van der Waals surface area contributed by atoms with Crippen molar-refractivity contribution in [2.45, 2.75) is 0 Å². The van der Waals surface area contributed by atoms with Crippen LogP contribution in [0.3, 0.4) is 0 Å². The van der Waals surface area contributed by atoms with E-state index in [4.69, 9.17) is 16.3 Å². The summed E-state index contributed by atoms with van der Waals surface area (Å²) in [7, 11) is 0. The van der Waals surface area contributed by atoms with Crippen molar-refractivity contribution in [2.75, 3.05) is 5.32 Å². The number of ether oxygens (including phenoxy) is 1. The van der Waals surface area contributed by atoms with Crippen LogP contribution in [0.5, 0.6) is 5.19 Å². The van der Waals surface area contributed by atoms with E-state index in [1.807, 2.05) is 18.2 Å². The van der Waals surface area contributed by atoms with Crippen molar-refractivity contribution >= 4 is 34.7 Å². The summed E-state index contributed by atoms with van der Waals surface area (Å²) in [6, 6.07) is 9.01. The fraction of sp³-hybridized carbons (Fsp3) is 0. The third-order valence-corrected chi connectivity index (χ3v) is 2.65. The molecule has 0 saturated heterocycles. The highest BCUT2D eigenvalue weighted by molar-refractivity contribution is 7.17. The summed E-state index contributed by atoms with van der Waals surface area (Å²) in [6.07, 6.45) is 0.842. The second-order valence-electron chi connectivity index (χ2n) is 2.81. The van der Waals surface area contributed by atoms with Crippen molar-refractivity contribution in [3.63, 3.8) is 0 Å². The Morgan fingerprint density at radius 1 is 1.38 bits per heavy atom. The van der Waals surface area contributed by atoms with Crippen LogP contribution in [0, 0.1) is 0 Å². The van der Waals surface area contributed by atoms with Crippen molar-refractivity contribution in [3.05, 3.63) is 40.9 Å². The fourth-order valence-electron chi connectivity index (χ4n) is 1.03. The quantitative estimate of drug-likeness (QED) is 0.894. The number of nitrogens with one attached hydrogen (secondary N) is 1.